The van der Waals surface area contributed by atoms with Gasteiger partial charge in [-0.25, -0.2) is 0 Å². The van der Waals surface area contributed by atoms with E-state index in [1.54, 1.807) is 14.1 Å². The lowest BCUT2D eigenvalue weighted by atomic mass is 10.9. The van der Waals surface area contributed by atoms with Crippen LogP contribution in [0.3, 0.4) is 0 Å². The number of hydrogen-bond donors (Lipinski definition) is 3. The van der Waals surface area contributed by atoms with Gasteiger partial charge in [0.15, 0.2) is 10.2 Å². The van der Waals surface area contributed by atoms with Crippen LogP contribution >= 0.6 is 24.4 Å². The highest BCUT2D eigenvalue weighted by atomic mass is 32.1. The van der Waals surface area contributed by atoms with E-state index in [0.29, 0.717) is 10.2 Å². The predicted octanol–water partition coefficient (Wildman–Crippen LogP) is -0.415. The lowest BCUT2D eigenvalue weighted by Gasteiger charge is -2.05. The van der Waals surface area contributed by atoms with Crippen molar-refractivity contribution in [3.05, 3.63) is 0 Å². The molecule has 0 aliphatic carbocycles. The monoisotopic (exact) mass is 163 g/mol. The minimum absolute atomic E-state index is 0.523. The average molecular weight is 163 g/mol. The van der Waals surface area contributed by atoms with Crippen LogP contribution in [0.1, 0.15) is 0 Å². The second-order valence-corrected chi connectivity index (χ2v) is 2.10. The maximum Gasteiger partial charge on any atom is 0.172 e. The Bertz CT molecular complexity index is 109. The van der Waals surface area contributed by atoms with Crippen LogP contribution in [0.2, 0.25) is 0 Å². The summed E-state index contributed by atoms with van der Waals surface area (Å²) < 4.78 is 0. The first-order chi connectivity index (χ1) is 4.20. The van der Waals surface area contributed by atoms with Gasteiger partial charge in [0.1, 0.15) is 0 Å². The molecule has 0 spiro atoms. The zero-order valence-corrected chi connectivity index (χ0v) is 6.95. The third-order valence-corrected chi connectivity index (χ3v) is 1.29. The molecule has 9 heavy (non-hydrogen) atoms. The van der Waals surface area contributed by atoms with Crippen molar-refractivity contribution in [3.8, 4) is 0 Å². The molecule has 0 aromatic heterocycles. The summed E-state index contributed by atoms with van der Waals surface area (Å²) in [5.41, 5.74) is 0. The van der Waals surface area contributed by atoms with E-state index in [9.17, 15) is 0 Å². The molecule has 0 unspecified atom stereocenters. The third kappa shape index (κ3) is 4.11. The Hall–Kier alpha value is -0.420. The van der Waals surface area contributed by atoms with Crippen LogP contribution in [0, 0.1) is 0 Å². The fourth-order valence-electron chi connectivity index (χ4n) is 0.228. The molecule has 0 radical (unpaired) electrons. The lowest BCUT2D eigenvalue weighted by molar-refractivity contribution is 1.08. The highest BCUT2D eigenvalue weighted by Crippen LogP contribution is 1.64. The zero-order chi connectivity index (χ0) is 7.28. The zero-order valence-electron chi connectivity index (χ0n) is 5.32. The van der Waals surface area contributed by atoms with Crippen molar-refractivity contribution < 1.29 is 0 Å². The van der Waals surface area contributed by atoms with Gasteiger partial charge in [0.2, 0.25) is 0 Å². The van der Waals surface area contributed by atoms with Gasteiger partial charge in [-0.05, 0) is 24.4 Å². The molecule has 0 atom stereocenters. The molecule has 0 rings (SSSR count). The quantitative estimate of drug-likeness (QED) is 0.423. The first-order valence-corrected chi connectivity index (χ1v) is 3.22. The largest absolute Gasteiger partial charge is 0.365 e. The summed E-state index contributed by atoms with van der Waals surface area (Å²) in [4.78, 5) is 0. The summed E-state index contributed by atoms with van der Waals surface area (Å²) in [6.07, 6.45) is 0. The molecule has 3 N–H and O–H groups in total. The molecule has 0 bridgehead atoms. The minimum Gasteiger partial charge on any atom is -0.365 e. The smallest absolute Gasteiger partial charge is 0.172 e. The maximum absolute atomic E-state index is 4.75. The highest BCUT2D eigenvalue weighted by molar-refractivity contribution is 7.81. The van der Waals surface area contributed by atoms with E-state index >= 15 is 0 Å². The molecule has 0 saturated heterocycles. The van der Waals surface area contributed by atoms with Crippen LogP contribution < -0.4 is 16.0 Å². The topological polar surface area (TPSA) is 36.1 Å². The Morgan fingerprint density at radius 3 is 1.56 bits per heavy atom. The third-order valence-electron chi connectivity index (χ3n) is 0.681. The highest BCUT2D eigenvalue weighted by Gasteiger charge is 1.91. The van der Waals surface area contributed by atoms with Gasteiger partial charge in [0.25, 0.3) is 0 Å². The van der Waals surface area contributed by atoms with Crippen LogP contribution in [0.4, 0.5) is 0 Å². The first-order valence-electron chi connectivity index (χ1n) is 2.41. The normalized spacial score (nSPS) is 7.78. The number of thiocarbonyl (C=S) groups is 2. The standard InChI is InChI=1S/C4H9N3S2/c1-5-3(8)7-4(9)6-2/h1-2H3,(H3,5,6,7,8,9). The fourth-order valence-corrected chi connectivity index (χ4v) is 0.497. The molecule has 5 heteroatoms. The molecule has 0 saturated carbocycles. The van der Waals surface area contributed by atoms with Crippen LogP contribution in [0.15, 0.2) is 0 Å². The summed E-state index contributed by atoms with van der Waals surface area (Å²) in [6.45, 7) is 0. The number of nitrogens with one attached hydrogen (secondary N) is 3. The van der Waals surface area contributed by atoms with E-state index in [0.717, 1.165) is 0 Å². The SMILES string of the molecule is CNC(=S)NC(=S)NC. The molecule has 0 aliphatic heterocycles. The van der Waals surface area contributed by atoms with Gasteiger partial charge < -0.3 is 16.0 Å². The molecule has 0 amide bonds. The Morgan fingerprint density at radius 2 is 1.33 bits per heavy atom. The van der Waals surface area contributed by atoms with E-state index in [1.165, 1.54) is 0 Å². The van der Waals surface area contributed by atoms with E-state index in [1.807, 2.05) is 0 Å². The lowest BCUT2D eigenvalue weighted by Crippen LogP contribution is -2.41. The summed E-state index contributed by atoms with van der Waals surface area (Å²) in [7, 11) is 3.46. The fraction of sp³-hybridized carbons (Fsp3) is 0.500. The molecular formula is C4H9N3S2. The second kappa shape index (κ2) is 4.46. The Labute approximate surface area is 65.2 Å². The van der Waals surface area contributed by atoms with E-state index in [4.69, 9.17) is 24.4 Å². The van der Waals surface area contributed by atoms with Crippen LogP contribution in [0.5, 0.6) is 0 Å². The van der Waals surface area contributed by atoms with Crippen molar-refractivity contribution in [2.75, 3.05) is 14.1 Å². The predicted molar refractivity (Wildman–Crippen MR) is 46.5 cm³/mol. The summed E-state index contributed by atoms with van der Waals surface area (Å²) in [5.74, 6) is 0. The summed E-state index contributed by atoms with van der Waals surface area (Å²) in [6, 6.07) is 0. The van der Waals surface area contributed by atoms with Crippen LogP contribution in [0.25, 0.3) is 0 Å². The van der Waals surface area contributed by atoms with Gasteiger partial charge in [-0.3, -0.25) is 0 Å². The van der Waals surface area contributed by atoms with Gasteiger partial charge in [0.05, 0.1) is 0 Å². The van der Waals surface area contributed by atoms with E-state index in [2.05, 4.69) is 16.0 Å². The van der Waals surface area contributed by atoms with Gasteiger partial charge in [-0.2, -0.15) is 0 Å². The van der Waals surface area contributed by atoms with Gasteiger partial charge >= 0.3 is 0 Å². The number of hydrogen-bond acceptors (Lipinski definition) is 2. The van der Waals surface area contributed by atoms with Crippen molar-refractivity contribution in [2.24, 2.45) is 0 Å². The molecule has 3 nitrogen and oxygen atoms in total. The van der Waals surface area contributed by atoms with Gasteiger partial charge in [-0.1, -0.05) is 0 Å². The molecular weight excluding hydrogens is 154 g/mol. The van der Waals surface area contributed by atoms with Crippen molar-refractivity contribution >= 4 is 34.7 Å². The van der Waals surface area contributed by atoms with Crippen LogP contribution in [-0.4, -0.2) is 24.3 Å². The average Bonchev–Trinajstić information content (AvgIpc) is 1.87. The minimum atomic E-state index is 0.523. The second-order valence-electron chi connectivity index (χ2n) is 1.28. The maximum atomic E-state index is 4.75. The van der Waals surface area contributed by atoms with Crippen molar-refractivity contribution in [3.63, 3.8) is 0 Å². The molecule has 0 fully saturated rings. The number of rotatable bonds is 0. The van der Waals surface area contributed by atoms with Crippen LogP contribution in [-0.2, 0) is 0 Å². The van der Waals surface area contributed by atoms with Crippen molar-refractivity contribution in [1.82, 2.24) is 16.0 Å². The van der Waals surface area contributed by atoms with Gasteiger partial charge in [0, 0.05) is 14.1 Å². The molecule has 0 aromatic carbocycles. The molecule has 0 aromatic rings. The molecule has 0 aliphatic rings. The van der Waals surface area contributed by atoms with Gasteiger partial charge in [-0.15, -0.1) is 0 Å². The first kappa shape index (κ1) is 8.58. The van der Waals surface area contributed by atoms with Crippen molar-refractivity contribution in [1.29, 1.82) is 0 Å². The molecule has 52 valence electrons. The summed E-state index contributed by atoms with van der Waals surface area (Å²) >= 11 is 9.50. The van der Waals surface area contributed by atoms with E-state index in [-0.39, 0.29) is 0 Å². The van der Waals surface area contributed by atoms with E-state index < -0.39 is 0 Å². The van der Waals surface area contributed by atoms with Crippen molar-refractivity contribution in [2.45, 2.75) is 0 Å². The summed E-state index contributed by atoms with van der Waals surface area (Å²) in [5, 5.41) is 9.21. The molecule has 0 heterocycles. The Kier molecular flexibility index (Phi) is 4.25. The Balaban J connectivity index is 3.47. The Morgan fingerprint density at radius 1 is 1.00 bits per heavy atom.